The van der Waals surface area contributed by atoms with Crippen molar-refractivity contribution in [3.05, 3.63) is 82.9 Å². The van der Waals surface area contributed by atoms with Gasteiger partial charge in [-0.2, -0.15) is 0 Å². The van der Waals surface area contributed by atoms with Crippen molar-refractivity contribution in [3.63, 3.8) is 0 Å². The molecule has 0 N–H and O–H groups in total. The largest absolute Gasteiger partial charge is 0.143 e. The molecule has 0 amide bonds. The maximum Gasteiger partial charge on any atom is 0.0119 e. The summed E-state index contributed by atoms with van der Waals surface area (Å²) in [5.74, 6) is 0. The van der Waals surface area contributed by atoms with Crippen LogP contribution >= 0.6 is 25.3 Å². The number of thiol groups is 2. The molecule has 0 nitrogen and oxygen atoms in total. The second-order valence-electron chi connectivity index (χ2n) is 6.75. The third-order valence-electron chi connectivity index (χ3n) is 4.93. The van der Waals surface area contributed by atoms with Crippen molar-refractivity contribution in [1.82, 2.24) is 0 Å². The summed E-state index contributed by atoms with van der Waals surface area (Å²) in [6.45, 7) is 4.31. The molecular formula is C24H20S2. The van der Waals surface area contributed by atoms with Gasteiger partial charge in [0.25, 0.3) is 0 Å². The molecule has 0 heterocycles. The highest BCUT2D eigenvalue weighted by atomic mass is 32.1. The van der Waals surface area contributed by atoms with Gasteiger partial charge in [0.1, 0.15) is 0 Å². The fourth-order valence-corrected chi connectivity index (χ4v) is 3.97. The lowest BCUT2D eigenvalue weighted by Crippen LogP contribution is -1.86. The normalized spacial score (nSPS) is 11.7. The van der Waals surface area contributed by atoms with E-state index in [0.717, 1.165) is 9.79 Å². The molecule has 0 aliphatic carbocycles. The zero-order chi connectivity index (χ0) is 18.3. The van der Waals surface area contributed by atoms with E-state index in [2.05, 4.69) is 99.8 Å². The molecule has 4 aromatic rings. The molecule has 0 radical (unpaired) electrons. The lowest BCUT2D eigenvalue weighted by atomic mass is 9.98. The van der Waals surface area contributed by atoms with Gasteiger partial charge in [-0.15, -0.1) is 25.3 Å². The molecule has 0 bridgehead atoms. The summed E-state index contributed by atoms with van der Waals surface area (Å²) < 4.78 is 0. The van der Waals surface area contributed by atoms with Gasteiger partial charge in [0.15, 0.2) is 0 Å². The van der Waals surface area contributed by atoms with Gasteiger partial charge < -0.3 is 0 Å². The first-order valence-electron chi connectivity index (χ1n) is 8.66. The van der Waals surface area contributed by atoms with E-state index >= 15 is 0 Å². The number of hydrogen-bond acceptors (Lipinski definition) is 2. The molecule has 0 unspecified atom stereocenters. The van der Waals surface area contributed by atoms with Crippen LogP contribution in [0.5, 0.6) is 0 Å². The summed E-state index contributed by atoms with van der Waals surface area (Å²) in [6, 6.07) is 21.4. The van der Waals surface area contributed by atoms with Crippen LogP contribution in [-0.2, 0) is 0 Å². The summed E-state index contributed by atoms with van der Waals surface area (Å²) in [5, 5.41) is 4.85. The predicted molar refractivity (Wildman–Crippen MR) is 121 cm³/mol. The Hall–Kier alpha value is -2.16. The van der Waals surface area contributed by atoms with Crippen molar-refractivity contribution >= 4 is 59.0 Å². The van der Waals surface area contributed by atoms with Crippen molar-refractivity contribution in [2.24, 2.45) is 0 Å². The smallest absolute Gasteiger partial charge is 0.0119 e. The van der Waals surface area contributed by atoms with E-state index in [1.807, 2.05) is 12.1 Å². The summed E-state index contributed by atoms with van der Waals surface area (Å²) >= 11 is 9.15. The van der Waals surface area contributed by atoms with Crippen molar-refractivity contribution < 1.29 is 0 Å². The molecule has 0 spiro atoms. The van der Waals surface area contributed by atoms with E-state index in [0.29, 0.717) is 0 Å². The predicted octanol–water partition coefficient (Wildman–Crippen LogP) is 7.36. The fourth-order valence-electron chi connectivity index (χ4n) is 3.41. The average Bonchev–Trinajstić information content (AvgIpc) is 2.62. The Balaban J connectivity index is 1.79. The number of rotatable bonds is 2. The van der Waals surface area contributed by atoms with Crippen molar-refractivity contribution in [3.8, 4) is 0 Å². The van der Waals surface area contributed by atoms with Gasteiger partial charge in [-0.3, -0.25) is 0 Å². The average molecular weight is 373 g/mol. The van der Waals surface area contributed by atoms with Crippen LogP contribution in [0.4, 0.5) is 0 Å². The van der Waals surface area contributed by atoms with E-state index in [-0.39, 0.29) is 0 Å². The van der Waals surface area contributed by atoms with E-state index in [1.165, 1.54) is 43.8 Å². The van der Waals surface area contributed by atoms with Gasteiger partial charge >= 0.3 is 0 Å². The number of hydrogen-bond donors (Lipinski definition) is 2. The third-order valence-corrected chi connectivity index (χ3v) is 5.71. The molecule has 0 fully saturated rings. The zero-order valence-electron chi connectivity index (χ0n) is 14.8. The number of aryl methyl sites for hydroxylation is 2. The van der Waals surface area contributed by atoms with Gasteiger partial charge in [0, 0.05) is 9.79 Å². The van der Waals surface area contributed by atoms with Gasteiger partial charge in [0.2, 0.25) is 0 Å². The quantitative estimate of drug-likeness (QED) is 0.266. The molecule has 2 heteroatoms. The Labute approximate surface area is 165 Å². The Kier molecular flexibility index (Phi) is 4.56. The van der Waals surface area contributed by atoms with E-state index < -0.39 is 0 Å². The van der Waals surface area contributed by atoms with Crippen LogP contribution in [0.15, 0.2) is 70.5 Å². The minimum atomic E-state index is 1.02. The minimum Gasteiger partial charge on any atom is -0.143 e. The lowest BCUT2D eigenvalue weighted by molar-refractivity contribution is 1.44. The van der Waals surface area contributed by atoms with Crippen LogP contribution in [0.1, 0.15) is 22.3 Å². The molecule has 26 heavy (non-hydrogen) atoms. The van der Waals surface area contributed by atoms with Gasteiger partial charge in [-0.25, -0.2) is 0 Å². The lowest BCUT2D eigenvalue weighted by Gasteiger charge is -2.08. The molecular weight excluding hydrogens is 352 g/mol. The van der Waals surface area contributed by atoms with Gasteiger partial charge in [0.05, 0.1) is 0 Å². The first-order valence-corrected chi connectivity index (χ1v) is 9.55. The molecule has 0 aromatic heterocycles. The molecule has 128 valence electrons. The highest BCUT2D eigenvalue weighted by Gasteiger charge is 2.04. The van der Waals surface area contributed by atoms with Crippen LogP contribution < -0.4 is 0 Å². The molecule has 0 saturated carbocycles. The maximum atomic E-state index is 4.57. The first kappa shape index (κ1) is 17.3. The Bertz CT molecular complexity index is 1080. The van der Waals surface area contributed by atoms with Crippen LogP contribution in [0.3, 0.4) is 0 Å². The molecule has 0 aliphatic heterocycles. The molecule has 0 atom stereocenters. The second kappa shape index (κ2) is 6.86. The van der Waals surface area contributed by atoms with Crippen molar-refractivity contribution in [2.45, 2.75) is 23.6 Å². The second-order valence-corrected chi connectivity index (χ2v) is 7.71. The molecule has 0 saturated heterocycles. The summed E-state index contributed by atoms with van der Waals surface area (Å²) in [5.41, 5.74) is 4.98. The van der Waals surface area contributed by atoms with E-state index in [4.69, 9.17) is 0 Å². The standard InChI is InChI=1S/C24H20S2/c1-15-11-21-19(5-3-7-23(21)25)13-17(15)9-10-18-14-20-6-4-8-24(26)22(20)12-16(18)2/h3-14,25-26H,1-2H3. The number of benzene rings is 4. The summed E-state index contributed by atoms with van der Waals surface area (Å²) in [7, 11) is 0. The zero-order valence-corrected chi connectivity index (χ0v) is 16.6. The monoisotopic (exact) mass is 372 g/mol. The maximum absolute atomic E-state index is 4.57. The van der Waals surface area contributed by atoms with Crippen molar-refractivity contribution in [1.29, 1.82) is 0 Å². The van der Waals surface area contributed by atoms with Crippen LogP contribution in [0, 0.1) is 13.8 Å². The van der Waals surface area contributed by atoms with Crippen LogP contribution in [0.25, 0.3) is 33.7 Å². The highest BCUT2D eigenvalue weighted by Crippen LogP contribution is 2.28. The highest BCUT2D eigenvalue weighted by molar-refractivity contribution is 7.80. The van der Waals surface area contributed by atoms with E-state index in [9.17, 15) is 0 Å². The molecule has 4 rings (SSSR count). The molecule has 4 aromatic carbocycles. The number of fused-ring (bicyclic) bond motifs is 2. The van der Waals surface area contributed by atoms with Crippen molar-refractivity contribution in [2.75, 3.05) is 0 Å². The first-order chi connectivity index (χ1) is 12.5. The third kappa shape index (κ3) is 3.15. The summed E-state index contributed by atoms with van der Waals surface area (Å²) in [6.07, 6.45) is 4.41. The topological polar surface area (TPSA) is 0 Å². The summed E-state index contributed by atoms with van der Waals surface area (Å²) in [4.78, 5) is 2.04. The van der Waals surface area contributed by atoms with E-state index in [1.54, 1.807) is 0 Å². The Morgan fingerprint density at radius 1 is 0.615 bits per heavy atom. The van der Waals surface area contributed by atoms with Gasteiger partial charge in [-0.1, -0.05) is 36.4 Å². The Morgan fingerprint density at radius 2 is 1.04 bits per heavy atom. The Morgan fingerprint density at radius 3 is 1.46 bits per heavy atom. The SMILES string of the molecule is Cc1cc2c(S)cccc2cc1C=Cc1cc2cccc(S)c2cc1C. The van der Waals surface area contributed by atoms with Crippen LogP contribution in [0.2, 0.25) is 0 Å². The fraction of sp³-hybridized carbons (Fsp3) is 0.0833. The molecule has 0 aliphatic rings. The minimum absolute atomic E-state index is 1.02. The van der Waals surface area contributed by atoms with Gasteiger partial charge in [-0.05, 0) is 94.0 Å². The van der Waals surface area contributed by atoms with Crippen LogP contribution in [-0.4, -0.2) is 0 Å².